The second-order valence-corrected chi connectivity index (χ2v) is 2.81. The van der Waals surface area contributed by atoms with Crippen LogP contribution in [0.4, 0.5) is 11.4 Å². The largest absolute Gasteiger partial charge is 1.00 e. The summed E-state index contributed by atoms with van der Waals surface area (Å²) in [6, 6.07) is 3.60. The summed E-state index contributed by atoms with van der Waals surface area (Å²) in [7, 11) is 0. The molecule has 1 N–H and O–H groups in total. The first-order valence-electron chi connectivity index (χ1n) is 4.30. The Morgan fingerprint density at radius 1 is 1.50 bits per heavy atom. The van der Waals surface area contributed by atoms with E-state index in [4.69, 9.17) is 0 Å². The number of nitrogens with one attached hydrogen (secondary N) is 1. The van der Waals surface area contributed by atoms with E-state index in [0.717, 1.165) is 6.07 Å². The van der Waals surface area contributed by atoms with E-state index >= 15 is 0 Å². The Kier molecular flexibility index (Phi) is 6.02. The summed E-state index contributed by atoms with van der Waals surface area (Å²) in [5, 5.41) is 23.9. The third-order valence-corrected chi connectivity index (χ3v) is 1.80. The number of hydrogen-bond donors (Lipinski definition) is 1. The van der Waals surface area contributed by atoms with E-state index in [-0.39, 0.29) is 40.8 Å². The first kappa shape index (κ1) is 14.9. The van der Waals surface area contributed by atoms with Crippen molar-refractivity contribution in [2.75, 3.05) is 11.9 Å². The van der Waals surface area contributed by atoms with Crippen molar-refractivity contribution >= 4 is 17.3 Å². The number of nitrogens with zero attached hydrogens (tertiary/aromatic N) is 1. The van der Waals surface area contributed by atoms with Crippen LogP contribution in [0.2, 0.25) is 0 Å². The molecule has 0 aliphatic carbocycles. The van der Waals surface area contributed by atoms with Gasteiger partial charge in [0.2, 0.25) is 0 Å². The number of carbonyl (C=O) groups excluding carboxylic acids is 1. The summed E-state index contributed by atoms with van der Waals surface area (Å²) in [4.78, 5) is 20.5. The summed E-state index contributed by atoms with van der Waals surface area (Å²) in [5.74, 6) is -1.43. The molecule has 0 amide bonds. The topological polar surface area (TPSA) is 95.3 Å². The number of anilines is 1. The number of aromatic carboxylic acids is 1. The molecule has 0 unspecified atom stereocenters. The molecule has 0 aromatic heterocycles. The SMILES string of the molecule is CCNc1ccc(C(=O)[O-])cc1[N+](=O)[O-].[Na+]. The van der Waals surface area contributed by atoms with Crippen molar-refractivity contribution < 1.29 is 44.4 Å². The van der Waals surface area contributed by atoms with E-state index in [1.807, 2.05) is 0 Å². The molecule has 0 atom stereocenters. The molecule has 0 spiro atoms. The fourth-order valence-corrected chi connectivity index (χ4v) is 1.15. The van der Waals surface area contributed by atoms with Gasteiger partial charge in [0.1, 0.15) is 5.69 Å². The van der Waals surface area contributed by atoms with Gasteiger partial charge in [0, 0.05) is 18.2 Å². The number of rotatable bonds is 4. The molecule has 0 radical (unpaired) electrons. The first-order valence-corrected chi connectivity index (χ1v) is 4.30. The maximum absolute atomic E-state index is 10.6. The Morgan fingerprint density at radius 2 is 2.12 bits per heavy atom. The van der Waals surface area contributed by atoms with Crippen molar-refractivity contribution in [3.05, 3.63) is 33.9 Å². The molecule has 0 aliphatic heterocycles. The number of nitro benzene ring substituents is 1. The molecule has 0 saturated heterocycles. The summed E-state index contributed by atoms with van der Waals surface area (Å²) < 4.78 is 0. The van der Waals surface area contributed by atoms with Crippen LogP contribution >= 0.6 is 0 Å². The summed E-state index contributed by atoms with van der Waals surface area (Å²) in [6.45, 7) is 2.31. The van der Waals surface area contributed by atoms with Crippen LogP contribution in [0.15, 0.2) is 18.2 Å². The molecule has 0 heterocycles. The Labute approximate surface area is 114 Å². The van der Waals surface area contributed by atoms with E-state index in [1.54, 1.807) is 6.92 Å². The van der Waals surface area contributed by atoms with Crippen LogP contribution in [0.3, 0.4) is 0 Å². The fourth-order valence-electron chi connectivity index (χ4n) is 1.15. The van der Waals surface area contributed by atoms with Crippen LogP contribution in [0.1, 0.15) is 17.3 Å². The monoisotopic (exact) mass is 232 g/mol. The van der Waals surface area contributed by atoms with E-state index < -0.39 is 10.9 Å². The van der Waals surface area contributed by atoms with Crippen molar-refractivity contribution in [3.8, 4) is 0 Å². The molecule has 1 aromatic carbocycles. The van der Waals surface area contributed by atoms with Gasteiger partial charge in [-0.1, -0.05) is 6.07 Å². The van der Waals surface area contributed by atoms with Crippen molar-refractivity contribution in [2.24, 2.45) is 0 Å². The first-order chi connectivity index (χ1) is 7.06. The maximum atomic E-state index is 10.6. The second kappa shape index (κ2) is 6.47. The van der Waals surface area contributed by atoms with Gasteiger partial charge in [-0.05, 0) is 13.0 Å². The summed E-state index contributed by atoms with van der Waals surface area (Å²) in [5.41, 5.74) is -0.172. The zero-order chi connectivity index (χ0) is 11.4. The molecule has 0 aliphatic rings. The van der Waals surface area contributed by atoms with E-state index in [9.17, 15) is 20.0 Å². The van der Waals surface area contributed by atoms with Crippen LogP contribution in [-0.2, 0) is 0 Å². The zero-order valence-corrected chi connectivity index (χ0v) is 11.0. The predicted molar refractivity (Wildman–Crippen MR) is 51.6 cm³/mol. The smallest absolute Gasteiger partial charge is 0.545 e. The number of carboxylic acid groups (broad SMARTS) is 1. The van der Waals surface area contributed by atoms with Crippen LogP contribution in [0, 0.1) is 10.1 Å². The third-order valence-electron chi connectivity index (χ3n) is 1.80. The van der Waals surface area contributed by atoms with Gasteiger partial charge >= 0.3 is 29.6 Å². The van der Waals surface area contributed by atoms with Gasteiger partial charge < -0.3 is 15.2 Å². The molecule has 0 bridgehead atoms. The van der Waals surface area contributed by atoms with Crippen molar-refractivity contribution in [1.82, 2.24) is 0 Å². The van der Waals surface area contributed by atoms with Gasteiger partial charge in [0.05, 0.1) is 10.9 Å². The minimum atomic E-state index is -1.43. The molecule has 0 saturated carbocycles. The molecule has 80 valence electrons. The summed E-state index contributed by atoms with van der Waals surface area (Å²) in [6.07, 6.45) is 0. The molecule has 7 heteroatoms. The van der Waals surface area contributed by atoms with E-state index in [0.29, 0.717) is 12.2 Å². The molecular weight excluding hydrogens is 223 g/mol. The quantitative estimate of drug-likeness (QED) is 0.349. The van der Waals surface area contributed by atoms with E-state index in [1.165, 1.54) is 12.1 Å². The molecule has 6 nitrogen and oxygen atoms in total. The van der Waals surface area contributed by atoms with Gasteiger partial charge in [-0.3, -0.25) is 10.1 Å². The van der Waals surface area contributed by atoms with Crippen molar-refractivity contribution in [1.29, 1.82) is 0 Å². The molecule has 1 aromatic rings. The zero-order valence-electron chi connectivity index (χ0n) is 9.02. The number of carbonyl (C=O) groups is 1. The average Bonchev–Trinajstić information content (AvgIpc) is 2.18. The van der Waals surface area contributed by atoms with Crippen molar-refractivity contribution in [2.45, 2.75) is 6.92 Å². The molecule has 16 heavy (non-hydrogen) atoms. The van der Waals surface area contributed by atoms with E-state index in [2.05, 4.69) is 5.32 Å². The number of hydrogen-bond acceptors (Lipinski definition) is 5. The van der Waals surface area contributed by atoms with Crippen LogP contribution < -0.4 is 40.0 Å². The Balaban J connectivity index is 0.00000225. The van der Waals surface area contributed by atoms with Gasteiger partial charge in [0.15, 0.2) is 0 Å². The van der Waals surface area contributed by atoms with Gasteiger partial charge in [-0.2, -0.15) is 0 Å². The fraction of sp³-hybridized carbons (Fsp3) is 0.222. The van der Waals surface area contributed by atoms with Crippen LogP contribution in [-0.4, -0.2) is 17.4 Å². The number of carboxylic acids is 1. The molecular formula is C9H9N2NaO4. The Bertz CT molecular complexity index is 408. The van der Waals surface area contributed by atoms with Crippen LogP contribution in [0.5, 0.6) is 0 Å². The van der Waals surface area contributed by atoms with Gasteiger partial charge in [-0.25, -0.2) is 0 Å². The average molecular weight is 232 g/mol. The van der Waals surface area contributed by atoms with Crippen LogP contribution in [0.25, 0.3) is 0 Å². The normalized spacial score (nSPS) is 9.06. The summed E-state index contributed by atoms with van der Waals surface area (Å²) >= 11 is 0. The maximum Gasteiger partial charge on any atom is 1.00 e. The minimum Gasteiger partial charge on any atom is -0.545 e. The van der Waals surface area contributed by atoms with Gasteiger partial charge in [-0.15, -0.1) is 0 Å². The van der Waals surface area contributed by atoms with Gasteiger partial charge in [0.25, 0.3) is 5.69 Å². The minimum absolute atomic E-state index is 0. The molecule has 0 fully saturated rings. The Hall–Kier alpha value is -1.11. The van der Waals surface area contributed by atoms with Crippen molar-refractivity contribution in [3.63, 3.8) is 0 Å². The molecule has 1 rings (SSSR count). The number of nitro groups is 1. The standard InChI is InChI=1S/C9H10N2O4.Na/c1-2-10-7-4-3-6(9(12)13)5-8(7)11(14)15;/h3-5,10H,2H2,1H3,(H,12,13);/q;+1/p-1. The number of benzene rings is 1. The predicted octanol–water partition coefficient (Wildman–Crippen LogP) is -2.61. The second-order valence-electron chi connectivity index (χ2n) is 2.81. The Morgan fingerprint density at radius 3 is 2.56 bits per heavy atom. The third kappa shape index (κ3) is 3.48.